The van der Waals surface area contributed by atoms with Crippen LogP contribution in [-0.4, -0.2) is 29.6 Å². The molecule has 1 saturated carbocycles. The summed E-state index contributed by atoms with van der Waals surface area (Å²) in [6, 6.07) is 2.08. The highest BCUT2D eigenvalue weighted by Crippen LogP contribution is 2.39. The van der Waals surface area contributed by atoms with Gasteiger partial charge in [-0.05, 0) is 32.6 Å². The number of hydrogen-bond acceptors (Lipinski definition) is 4. The van der Waals surface area contributed by atoms with Crippen LogP contribution in [-0.2, 0) is 0 Å². The number of nitrogens with zero attached hydrogens (tertiary/aromatic N) is 3. The van der Waals surface area contributed by atoms with Crippen LogP contribution < -0.4 is 10.2 Å². The summed E-state index contributed by atoms with van der Waals surface area (Å²) in [5.41, 5.74) is 0. The third-order valence-corrected chi connectivity index (χ3v) is 3.32. The average Bonchev–Trinajstić information content (AvgIpc) is 3.20. The summed E-state index contributed by atoms with van der Waals surface area (Å²) in [5.74, 6) is 4.30. The summed E-state index contributed by atoms with van der Waals surface area (Å²) in [5, 5.41) is 3.33. The quantitative estimate of drug-likeness (QED) is 0.819. The van der Waals surface area contributed by atoms with Gasteiger partial charge in [0.1, 0.15) is 17.5 Å². The first kappa shape index (κ1) is 14.1. The highest BCUT2D eigenvalue weighted by molar-refractivity contribution is 5.50. The molecule has 0 aromatic carbocycles. The Bertz CT molecular complexity index is 413. The summed E-state index contributed by atoms with van der Waals surface area (Å²) in [6.07, 6.45) is 2.48. The van der Waals surface area contributed by atoms with Crippen molar-refractivity contribution in [3.8, 4) is 0 Å². The van der Waals surface area contributed by atoms with Crippen molar-refractivity contribution in [2.45, 2.75) is 46.5 Å². The van der Waals surface area contributed by atoms with E-state index in [2.05, 4.69) is 49.0 Å². The molecule has 1 aromatic heterocycles. The van der Waals surface area contributed by atoms with Crippen molar-refractivity contribution in [1.82, 2.24) is 9.97 Å². The Morgan fingerprint density at radius 2 is 2.05 bits per heavy atom. The second kappa shape index (κ2) is 6.22. The second-order valence-electron chi connectivity index (χ2n) is 5.71. The first-order valence-corrected chi connectivity index (χ1v) is 7.51. The minimum atomic E-state index is 0.593. The fourth-order valence-electron chi connectivity index (χ4n) is 2.24. The van der Waals surface area contributed by atoms with Crippen molar-refractivity contribution in [3.63, 3.8) is 0 Å². The summed E-state index contributed by atoms with van der Waals surface area (Å²) in [6.45, 7) is 11.7. The molecule has 0 spiro atoms. The Morgan fingerprint density at radius 3 is 2.58 bits per heavy atom. The minimum absolute atomic E-state index is 0.593. The molecule has 2 rings (SSSR count). The maximum Gasteiger partial charge on any atom is 0.136 e. The predicted molar refractivity (Wildman–Crippen MR) is 80.9 cm³/mol. The van der Waals surface area contributed by atoms with E-state index >= 15 is 0 Å². The van der Waals surface area contributed by atoms with E-state index in [1.807, 2.05) is 0 Å². The molecular weight excluding hydrogens is 236 g/mol. The van der Waals surface area contributed by atoms with E-state index in [0.29, 0.717) is 11.8 Å². The van der Waals surface area contributed by atoms with Crippen LogP contribution in [0.2, 0.25) is 0 Å². The van der Waals surface area contributed by atoms with E-state index in [-0.39, 0.29) is 0 Å². The Balaban J connectivity index is 2.25. The Hall–Kier alpha value is -1.32. The lowest BCUT2D eigenvalue weighted by atomic mass is 10.2. The van der Waals surface area contributed by atoms with E-state index in [9.17, 15) is 0 Å². The van der Waals surface area contributed by atoms with Gasteiger partial charge in [-0.1, -0.05) is 13.8 Å². The van der Waals surface area contributed by atoms with E-state index in [4.69, 9.17) is 4.98 Å². The molecule has 0 aliphatic heterocycles. The third-order valence-electron chi connectivity index (χ3n) is 3.32. The van der Waals surface area contributed by atoms with Gasteiger partial charge >= 0.3 is 0 Å². The van der Waals surface area contributed by atoms with Gasteiger partial charge in [-0.15, -0.1) is 0 Å². The highest BCUT2D eigenvalue weighted by Gasteiger charge is 2.28. The monoisotopic (exact) mass is 262 g/mol. The molecule has 1 heterocycles. The summed E-state index contributed by atoms with van der Waals surface area (Å²) >= 11 is 0. The van der Waals surface area contributed by atoms with Crippen LogP contribution in [0.3, 0.4) is 0 Å². The normalized spacial score (nSPS) is 14.8. The van der Waals surface area contributed by atoms with Crippen molar-refractivity contribution in [1.29, 1.82) is 0 Å². The molecule has 0 amide bonds. The zero-order chi connectivity index (χ0) is 13.8. The highest BCUT2D eigenvalue weighted by atomic mass is 15.2. The SMILES string of the molecule is CCNc1cc(N(CC)CC(C)C)nc(C2CC2)n1. The van der Waals surface area contributed by atoms with Crippen molar-refractivity contribution in [3.05, 3.63) is 11.9 Å². The largest absolute Gasteiger partial charge is 0.370 e. The maximum absolute atomic E-state index is 4.78. The fourth-order valence-corrected chi connectivity index (χ4v) is 2.24. The van der Waals surface area contributed by atoms with E-state index in [1.165, 1.54) is 12.8 Å². The van der Waals surface area contributed by atoms with E-state index in [1.54, 1.807) is 0 Å². The van der Waals surface area contributed by atoms with Crippen molar-refractivity contribution in [2.75, 3.05) is 29.9 Å². The van der Waals surface area contributed by atoms with Crippen LogP contribution in [0.15, 0.2) is 6.07 Å². The molecular formula is C15H26N4. The van der Waals surface area contributed by atoms with Gasteiger partial charge in [0.15, 0.2) is 0 Å². The maximum atomic E-state index is 4.78. The van der Waals surface area contributed by atoms with Crippen molar-refractivity contribution >= 4 is 11.6 Å². The third kappa shape index (κ3) is 3.82. The molecule has 4 heteroatoms. The van der Waals surface area contributed by atoms with Gasteiger partial charge in [0.25, 0.3) is 0 Å². The molecule has 0 atom stereocenters. The van der Waals surface area contributed by atoms with E-state index in [0.717, 1.165) is 37.1 Å². The van der Waals surface area contributed by atoms with Gasteiger partial charge in [-0.2, -0.15) is 0 Å². The van der Waals surface area contributed by atoms with E-state index < -0.39 is 0 Å². The first-order valence-electron chi connectivity index (χ1n) is 7.51. The molecule has 1 aliphatic carbocycles. The molecule has 1 fully saturated rings. The van der Waals surface area contributed by atoms with Crippen molar-refractivity contribution < 1.29 is 0 Å². The van der Waals surface area contributed by atoms with Gasteiger partial charge < -0.3 is 10.2 Å². The average molecular weight is 262 g/mol. The Kier molecular flexibility index (Phi) is 4.61. The molecule has 0 bridgehead atoms. The Labute approximate surface area is 116 Å². The number of anilines is 2. The van der Waals surface area contributed by atoms with Crippen molar-refractivity contribution in [2.24, 2.45) is 5.92 Å². The van der Waals surface area contributed by atoms with Crippen LogP contribution in [0.4, 0.5) is 11.6 Å². The molecule has 106 valence electrons. The topological polar surface area (TPSA) is 41.0 Å². The molecule has 0 saturated heterocycles. The molecule has 0 radical (unpaired) electrons. The van der Waals surface area contributed by atoms with Gasteiger partial charge in [-0.25, -0.2) is 9.97 Å². The van der Waals surface area contributed by atoms with Crippen LogP contribution in [0.1, 0.15) is 52.3 Å². The van der Waals surface area contributed by atoms with Crippen LogP contribution >= 0.6 is 0 Å². The smallest absolute Gasteiger partial charge is 0.136 e. The lowest BCUT2D eigenvalue weighted by molar-refractivity contribution is 0.613. The number of hydrogen-bond donors (Lipinski definition) is 1. The van der Waals surface area contributed by atoms with Gasteiger partial charge in [0.05, 0.1) is 0 Å². The summed E-state index contributed by atoms with van der Waals surface area (Å²) in [4.78, 5) is 11.8. The lowest BCUT2D eigenvalue weighted by Crippen LogP contribution is -2.28. The number of nitrogens with one attached hydrogen (secondary N) is 1. The molecule has 1 aliphatic rings. The number of rotatable bonds is 7. The molecule has 0 unspecified atom stereocenters. The molecule has 4 nitrogen and oxygen atoms in total. The van der Waals surface area contributed by atoms with Gasteiger partial charge in [0.2, 0.25) is 0 Å². The zero-order valence-electron chi connectivity index (χ0n) is 12.6. The summed E-state index contributed by atoms with van der Waals surface area (Å²) < 4.78 is 0. The van der Waals surface area contributed by atoms with Gasteiger partial charge in [-0.3, -0.25) is 0 Å². The molecule has 19 heavy (non-hydrogen) atoms. The molecule has 1 aromatic rings. The van der Waals surface area contributed by atoms with Gasteiger partial charge in [0, 0.05) is 31.6 Å². The van der Waals surface area contributed by atoms with Crippen LogP contribution in [0, 0.1) is 5.92 Å². The second-order valence-corrected chi connectivity index (χ2v) is 5.71. The first-order chi connectivity index (χ1) is 9.13. The summed E-state index contributed by atoms with van der Waals surface area (Å²) in [7, 11) is 0. The Morgan fingerprint density at radius 1 is 1.32 bits per heavy atom. The predicted octanol–water partition coefficient (Wildman–Crippen LogP) is 3.27. The minimum Gasteiger partial charge on any atom is -0.370 e. The molecule has 1 N–H and O–H groups in total. The fraction of sp³-hybridized carbons (Fsp3) is 0.733. The van der Waals surface area contributed by atoms with Crippen LogP contribution in [0.5, 0.6) is 0 Å². The lowest BCUT2D eigenvalue weighted by Gasteiger charge is -2.25. The standard InChI is InChI=1S/C15H26N4/c1-5-16-13-9-14(19(6-2)10-11(3)4)18-15(17-13)12-7-8-12/h9,11-12H,5-8,10H2,1-4H3,(H,16,17,18). The zero-order valence-corrected chi connectivity index (χ0v) is 12.6. The van der Waals surface area contributed by atoms with Crippen LogP contribution in [0.25, 0.3) is 0 Å². The number of aromatic nitrogens is 2.